The lowest BCUT2D eigenvalue weighted by Gasteiger charge is -2.19. The van der Waals surface area contributed by atoms with E-state index in [9.17, 15) is 13.5 Å². The minimum absolute atomic E-state index is 0.0323. The molecular formula is C11H13ClO3S. The van der Waals surface area contributed by atoms with Crippen molar-refractivity contribution in [2.45, 2.75) is 31.4 Å². The van der Waals surface area contributed by atoms with E-state index in [0.717, 1.165) is 36.8 Å². The summed E-state index contributed by atoms with van der Waals surface area (Å²) < 4.78 is 22.2. The van der Waals surface area contributed by atoms with Gasteiger partial charge in [-0.05, 0) is 42.9 Å². The first kappa shape index (κ1) is 11.7. The third kappa shape index (κ3) is 2.50. The normalized spacial score (nSPS) is 15.8. The zero-order valence-corrected chi connectivity index (χ0v) is 10.3. The first-order valence-electron chi connectivity index (χ1n) is 5.22. The Hall–Kier alpha value is -0.740. The van der Waals surface area contributed by atoms with Crippen LogP contribution < -0.4 is 0 Å². The van der Waals surface area contributed by atoms with Gasteiger partial charge < -0.3 is 5.11 Å². The number of hydrogen-bond donors (Lipinski definition) is 1. The highest BCUT2D eigenvalue weighted by atomic mass is 35.7. The molecule has 88 valence electrons. The fourth-order valence-electron chi connectivity index (χ4n) is 2.23. The molecule has 1 N–H and O–H groups in total. The number of halogens is 1. The second kappa shape index (κ2) is 4.26. The summed E-state index contributed by atoms with van der Waals surface area (Å²) in [7, 11) is 1.62. The van der Waals surface area contributed by atoms with E-state index in [-0.39, 0.29) is 11.5 Å². The SMILES string of the molecule is O=S(=O)(Cl)Cc1c(O)ccc2c1CCCC2. The molecule has 1 aromatic carbocycles. The number of hydrogen-bond acceptors (Lipinski definition) is 3. The van der Waals surface area contributed by atoms with Crippen LogP contribution in [-0.2, 0) is 27.6 Å². The van der Waals surface area contributed by atoms with Gasteiger partial charge in [0.05, 0.1) is 5.75 Å². The first-order valence-corrected chi connectivity index (χ1v) is 7.70. The van der Waals surface area contributed by atoms with Gasteiger partial charge in [-0.2, -0.15) is 0 Å². The Kier molecular flexibility index (Phi) is 3.13. The van der Waals surface area contributed by atoms with Gasteiger partial charge in [-0.25, -0.2) is 8.42 Å². The van der Waals surface area contributed by atoms with Crippen molar-refractivity contribution in [2.75, 3.05) is 0 Å². The van der Waals surface area contributed by atoms with Crippen LogP contribution >= 0.6 is 10.7 Å². The van der Waals surface area contributed by atoms with E-state index in [0.29, 0.717) is 5.56 Å². The quantitative estimate of drug-likeness (QED) is 0.831. The molecule has 0 aromatic heterocycles. The summed E-state index contributed by atoms with van der Waals surface area (Å²) in [6.07, 6.45) is 3.92. The summed E-state index contributed by atoms with van der Waals surface area (Å²) in [5.74, 6) is -0.256. The molecule has 0 fully saturated rings. The predicted octanol–water partition coefficient (Wildman–Crippen LogP) is 2.34. The fourth-order valence-corrected chi connectivity index (χ4v) is 3.22. The molecule has 0 spiro atoms. The lowest BCUT2D eigenvalue weighted by atomic mass is 9.88. The minimum Gasteiger partial charge on any atom is -0.508 e. The molecule has 16 heavy (non-hydrogen) atoms. The van der Waals surface area contributed by atoms with Gasteiger partial charge in [0.15, 0.2) is 0 Å². The highest BCUT2D eigenvalue weighted by molar-refractivity contribution is 8.13. The van der Waals surface area contributed by atoms with Gasteiger partial charge in [-0.1, -0.05) is 6.07 Å². The molecule has 0 heterocycles. The molecule has 1 aliphatic carbocycles. The van der Waals surface area contributed by atoms with Crippen LogP contribution in [0.15, 0.2) is 12.1 Å². The minimum atomic E-state index is -3.62. The maximum absolute atomic E-state index is 11.1. The van der Waals surface area contributed by atoms with Gasteiger partial charge in [0.2, 0.25) is 9.05 Å². The Balaban J connectivity index is 2.50. The molecule has 3 nitrogen and oxygen atoms in total. The molecule has 0 saturated heterocycles. The number of phenolic OH excluding ortho intramolecular Hbond substituents is 1. The zero-order chi connectivity index (χ0) is 11.8. The van der Waals surface area contributed by atoms with Crippen LogP contribution in [0, 0.1) is 0 Å². The van der Waals surface area contributed by atoms with Crippen LogP contribution in [-0.4, -0.2) is 13.5 Å². The van der Waals surface area contributed by atoms with E-state index in [1.807, 2.05) is 6.07 Å². The van der Waals surface area contributed by atoms with Crippen molar-refractivity contribution in [1.82, 2.24) is 0 Å². The number of rotatable bonds is 2. The maximum atomic E-state index is 11.1. The summed E-state index contributed by atoms with van der Waals surface area (Å²) in [5, 5.41) is 9.71. The van der Waals surface area contributed by atoms with E-state index in [1.54, 1.807) is 6.07 Å². The van der Waals surface area contributed by atoms with E-state index >= 15 is 0 Å². The van der Waals surface area contributed by atoms with Crippen LogP contribution in [0.5, 0.6) is 5.75 Å². The van der Waals surface area contributed by atoms with Crippen molar-refractivity contribution in [3.63, 3.8) is 0 Å². The maximum Gasteiger partial charge on any atom is 0.236 e. The Labute approximate surface area is 99.5 Å². The van der Waals surface area contributed by atoms with Crippen LogP contribution in [0.2, 0.25) is 0 Å². The summed E-state index contributed by atoms with van der Waals surface area (Å²) in [6, 6.07) is 3.43. The molecular weight excluding hydrogens is 248 g/mol. The third-order valence-electron chi connectivity index (χ3n) is 2.94. The number of aromatic hydroxyl groups is 1. The molecule has 1 aromatic rings. The summed E-state index contributed by atoms with van der Waals surface area (Å²) in [4.78, 5) is 0. The molecule has 0 amide bonds. The van der Waals surface area contributed by atoms with Crippen molar-refractivity contribution in [2.24, 2.45) is 0 Å². The second-order valence-electron chi connectivity index (χ2n) is 4.09. The van der Waals surface area contributed by atoms with Gasteiger partial charge in [0.1, 0.15) is 5.75 Å². The highest BCUT2D eigenvalue weighted by Crippen LogP contribution is 2.32. The lowest BCUT2D eigenvalue weighted by Crippen LogP contribution is -2.08. The monoisotopic (exact) mass is 260 g/mol. The number of benzene rings is 1. The predicted molar refractivity (Wildman–Crippen MR) is 63.2 cm³/mol. The summed E-state index contributed by atoms with van der Waals surface area (Å²) >= 11 is 0. The van der Waals surface area contributed by atoms with Crippen molar-refractivity contribution in [3.05, 3.63) is 28.8 Å². The number of aryl methyl sites for hydroxylation is 1. The van der Waals surface area contributed by atoms with E-state index in [1.165, 1.54) is 0 Å². The second-order valence-corrected chi connectivity index (χ2v) is 6.87. The van der Waals surface area contributed by atoms with E-state index in [2.05, 4.69) is 0 Å². The summed E-state index contributed by atoms with van der Waals surface area (Å²) in [6.45, 7) is 0. The average molecular weight is 261 g/mol. The van der Waals surface area contributed by atoms with Crippen molar-refractivity contribution in [1.29, 1.82) is 0 Å². The van der Waals surface area contributed by atoms with Crippen LogP contribution in [0.1, 0.15) is 29.5 Å². The smallest absolute Gasteiger partial charge is 0.236 e. The first-order chi connectivity index (χ1) is 7.47. The van der Waals surface area contributed by atoms with Gasteiger partial charge in [-0.3, -0.25) is 0 Å². The molecule has 0 saturated carbocycles. The Morgan fingerprint density at radius 3 is 2.62 bits per heavy atom. The molecule has 0 radical (unpaired) electrons. The topological polar surface area (TPSA) is 54.4 Å². The van der Waals surface area contributed by atoms with Gasteiger partial charge in [-0.15, -0.1) is 0 Å². The van der Waals surface area contributed by atoms with Gasteiger partial charge >= 0.3 is 0 Å². The summed E-state index contributed by atoms with van der Waals surface area (Å²) in [5.41, 5.74) is 2.59. The van der Waals surface area contributed by atoms with Crippen LogP contribution in [0.4, 0.5) is 0 Å². The standard InChI is InChI=1S/C11H13ClO3S/c12-16(14,15)7-10-9-4-2-1-3-8(9)5-6-11(10)13/h5-6,13H,1-4,7H2. The van der Waals surface area contributed by atoms with Crippen molar-refractivity contribution in [3.8, 4) is 5.75 Å². The third-order valence-corrected chi connectivity index (χ3v) is 3.90. The van der Waals surface area contributed by atoms with Gasteiger partial charge in [0.25, 0.3) is 0 Å². The Bertz CT molecular complexity index is 508. The largest absolute Gasteiger partial charge is 0.508 e. The highest BCUT2D eigenvalue weighted by Gasteiger charge is 2.20. The van der Waals surface area contributed by atoms with Crippen LogP contribution in [0.3, 0.4) is 0 Å². The fraction of sp³-hybridized carbons (Fsp3) is 0.455. The van der Waals surface area contributed by atoms with Crippen LogP contribution in [0.25, 0.3) is 0 Å². The molecule has 0 aliphatic heterocycles. The average Bonchev–Trinajstić information content (AvgIpc) is 2.21. The van der Waals surface area contributed by atoms with Gasteiger partial charge in [0, 0.05) is 16.2 Å². The molecule has 0 bridgehead atoms. The molecule has 5 heteroatoms. The van der Waals surface area contributed by atoms with E-state index < -0.39 is 9.05 Å². The van der Waals surface area contributed by atoms with Crippen molar-refractivity contribution >= 4 is 19.7 Å². The Morgan fingerprint density at radius 2 is 1.94 bits per heavy atom. The molecule has 2 rings (SSSR count). The number of phenols is 1. The zero-order valence-electron chi connectivity index (χ0n) is 8.74. The molecule has 0 unspecified atom stereocenters. The molecule has 0 atom stereocenters. The van der Waals surface area contributed by atoms with Crippen molar-refractivity contribution < 1.29 is 13.5 Å². The lowest BCUT2D eigenvalue weighted by molar-refractivity contribution is 0.467. The Morgan fingerprint density at radius 1 is 1.25 bits per heavy atom. The van der Waals surface area contributed by atoms with E-state index in [4.69, 9.17) is 10.7 Å². The number of fused-ring (bicyclic) bond motifs is 1. The molecule has 1 aliphatic rings.